The fourth-order valence-electron chi connectivity index (χ4n) is 2.26. The Labute approximate surface area is 129 Å². The van der Waals surface area contributed by atoms with E-state index in [0.29, 0.717) is 12.5 Å². The van der Waals surface area contributed by atoms with E-state index in [4.69, 9.17) is 11.6 Å². The highest BCUT2D eigenvalue weighted by atomic mass is 35.5. The zero-order valence-corrected chi connectivity index (χ0v) is 12.2. The lowest BCUT2D eigenvalue weighted by Gasteiger charge is -2.11. The summed E-state index contributed by atoms with van der Waals surface area (Å²) in [5.74, 6) is -0.116. The van der Waals surface area contributed by atoms with Crippen molar-refractivity contribution in [2.24, 2.45) is 5.92 Å². The van der Waals surface area contributed by atoms with Gasteiger partial charge in [-0.3, -0.25) is 14.2 Å². The Bertz CT molecular complexity index is 851. The third-order valence-corrected chi connectivity index (χ3v) is 3.81. The molecule has 0 spiro atoms. The Morgan fingerprint density at radius 2 is 1.86 bits per heavy atom. The van der Waals surface area contributed by atoms with Crippen LogP contribution in [0.25, 0.3) is 5.69 Å². The fraction of sp³-hybridized carbons (Fsp3) is 0.267. The lowest BCUT2D eigenvalue weighted by Crippen LogP contribution is -2.41. The van der Waals surface area contributed by atoms with Crippen molar-refractivity contribution < 1.29 is 9.18 Å². The summed E-state index contributed by atoms with van der Waals surface area (Å²) in [7, 11) is 0. The SMILES string of the molecule is O=C(Cl)c1cn(CC2CC2)c(=O)n(-c2ccc(F)cc2)c1=O. The van der Waals surface area contributed by atoms with E-state index in [1.807, 2.05) is 0 Å². The van der Waals surface area contributed by atoms with Crippen molar-refractivity contribution in [2.75, 3.05) is 0 Å². The summed E-state index contributed by atoms with van der Waals surface area (Å²) in [5.41, 5.74) is -1.44. The van der Waals surface area contributed by atoms with Crippen LogP contribution in [0.4, 0.5) is 4.39 Å². The van der Waals surface area contributed by atoms with E-state index in [1.54, 1.807) is 0 Å². The summed E-state index contributed by atoms with van der Waals surface area (Å²) in [6, 6.07) is 4.90. The molecule has 0 atom stereocenters. The molecule has 7 heteroatoms. The monoisotopic (exact) mass is 322 g/mol. The fourth-order valence-corrected chi connectivity index (χ4v) is 2.39. The zero-order chi connectivity index (χ0) is 15.9. The second-order valence-electron chi connectivity index (χ2n) is 5.31. The van der Waals surface area contributed by atoms with Crippen LogP contribution in [0.1, 0.15) is 23.2 Å². The van der Waals surface area contributed by atoms with Crippen LogP contribution in [-0.2, 0) is 6.54 Å². The predicted molar refractivity (Wildman–Crippen MR) is 79.2 cm³/mol. The lowest BCUT2D eigenvalue weighted by molar-refractivity contribution is 0.107. The number of rotatable bonds is 4. The van der Waals surface area contributed by atoms with Gasteiger partial charge in [-0.25, -0.2) is 13.8 Å². The Morgan fingerprint density at radius 3 is 2.41 bits per heavy atom. The van der Waals surface area contributed by atoms with Crippen molar-refractivity contribution in [3.8, 4) is 5.69 Å². The molecule has 1 saturated carbocycles. The number of hydrogen-bond donors (Lipinski definition) is 0. The van der Waals surface area contributed by atoms with Gasteiger partial charge in [0.15, 0.2) is 0 Å². The predicted octanol–water partition coefficient (Wildman–Crippen LogP) is 1.93. The Morgan fingerprint density at radius 1 is 1.23 bits per heavy atom. The van der Waals surface area contributed by atoms with Crippen molar-refractivity contribution in [3.63, 3.8) is 0 Å². The molecule has 0 N–H and O–H groups in total. The minimum absolute atomic E-state index is 0.195. The third kappa shape index (κ3) is 2.74. The number of carbonyl (C=O) groups is 1. The third-order valence-electron chi connectivity index (χ3n) is 3.60. The van der Waals surface area contributed by atoms with Gasteiger partial charge in [-0.05, 0) is 54.6 Å². The quantitative estimate of drug-likeness (QED) is 0.808. The number of carbonyl (C=O) groups excluding carboxylic acids is 1. The number of aromatic nitrogens is 2. The Kier molecular flexibility index (Phi) is 3.70. The standard InChI is InChI=1S/C15H12ClFN2O3/c16-13(20)12-8-18(7-9-1-2-9)15(22)19(14(12)21)11-5-3-10(17)4-6-11/h3-6,8-9H,1-2,7H2. The summed E-state index contributed by atoms with van der Waals surface area (Å²) < 4.78 is 15.2. The van der Waals surface area contributed by atoms with Gasteiger partial charge in [-0.2, -0.15) is 0 Å². The van der Waals surface area contributed by atoms with Crippen LogP contribution in [0.15, 0.2) is 40.1 Å². The summed E-state index contributed by atoms with van der Waals surface area (Å²) >= 11 is 5.44. The van der Waals surface area contributed by atoms with E-state index < -0.39 is 22.3 Å². The van der Waals surface area contributed by atoms with Gasteiger partial charge >= 0.3 is 5.69 Å². The van der Waals surface area contributed by atoms with E-state index >= 15 is 0 Å². The van der Waals surface area contributed by atoms with Gasteiger partial charge in [-0.15, -0.1) is 0 Å². The Balaban J connectivity index is 2.24. The minimum atomic E-state index is -0.926. The molecule has 1 aliphatic carbocycles. The van der Waals surface area contributed by atoms with Crippen molar-refractivity contribution >= 4 is 16.8 Å². The van der Waals surface area contributed by atoms with E-state index in [1.165, 1.54) is 22.9 Å². The van der Waals surface area contributed by atoms with Gasteiger partial charge in [0, 0.05) is 12.7 Å². The molecule has 5 nitrogen and oxygen atoms in total. The highest BCUT2D eigenvalue weighted by Crippen LogP contribution is 2.30. The van der Waals surface area contributed by atoms with Gasteiger partial charge in [0.1, 0.15) is 11.4 Å². The molecule has 0 aliphatic heterocycles. The first-order chi connectivity index (χ1) is 10.5. The van der Waals surface area contributed by atoms with Crippen LogP contribution in [0, 0.1) is 11.7 Å². The largest absolute Gasteiger partial charge is 0.335 e. The number of nitrogens with zero attached hydrogens (tertiary/aromatic N) is 2. The summed E-state index contributed by atoms with van der Waals surface area (Å²) in [5, 5.41) is -0.926. The zero-order valence-electron chi connectivity index (χ0n) is 11.5. The van der Waals surface area contributed by atoms with Crippen molar-refractivity contribution in [1.82, 2.24) is 9.13 Å². The maximum atomic E-state index is 13.0. The average Bonchev–Trinajstić information content (AvgIpc) is 3.28. The van der Waals surface area contributed by atoms with Gasteiger partial charge < -0.3 is 0 Å². The van der Waals surface area contributed by atoms with Crippen molar-refractivity contribution in [1.29, 1.82) is 0 Å². The van der Waals surface area contributed by atoms with E-state index in [0.717, 1.165) is 29.5 Å². The summed E-state index contributed by atoms with van der Waals surface area (Å²) in [4.78, 5) is 36.3. The Hall–Kier alpha value is -2.21. The van der Waals surface area contributed by atoms with Crippen LogP contribution in [0.2, 0.25) is 0 Å². The molecule has 1 aliphatic rings. The molecule has 0 saturated heterocycles. The van der Waals surface area contributed by atoms with Crippen LogP contribution >= 0.6 is 11.6 Å². The molecule has 22 heavy (non-hydrogen) atoms. The molecular formula is C15H12ClFN2O3. The first-order valence-corrected chi connectivity index (χ1v) is 7.17. The molecule has 1 aromatic heterocycles. The maximum Gasteiger partial charge on any atom is 0.335 e. The van der Waals surface area contributed by atoms with E-state index in [9.17, 15) is 18.8 Å². The van der Waals surface area contributed by atoms with E-state index in [2.05, 4.69) is 0 Å². The molecule has 0 unspecified atom stereocenters. The maximum absolute atomic E-state index is 13.0. The van der Waals surface area contributed by atoms with Gasteiger partial charge in [0.25, 0.3) is 10.8 Å². The smallest absolute Gasteiger partial charge is 0.299 e. The van der Waals surface area contributed by atoms with Crippen LogP contribution in [0.5, 0.6) is 0 Å². The van der Waals surface area contributed by atoms with Gasteiger partial charge in [0.05, 0.1) is 5.69 Å². The molecule has 3 rings (SSSR count). The lowest BCUT2D eigenvalue weighted by atomic mass is 10.3. The summed E-state index contributed by atoms with van der Waals surface area (Å²) in [6.07, 6.45) is 3.22. The molecular weight excluding hydrogens is 311 g/mol. The topological polar surface area (TPSA) is 61.1 Å². The molecule has 1 fully saturated rings. The molecule has 0 amide bonds. The molecule has 1 aromatic carbocycles. The van der Waals surface area contributed by atoms with Crippen LogP contribution < -0.4 is 11.2 Å². The van der Waals surface area contributed by atoms with Gasteiger partial charge in [-0.1, -0.05) is 0 Å². The van der Waals surface area contributed by atoms with Crippen molar-refractivity contribution in [2.45, 2.75) is 19.4 Å². The highest BCUT2D eigenvalue weighted by molar-refractivity contribution is 6.67. The number of benzene rings is 1. The van der Waals surface area contributed by atoms with E-state index in [-0.39, 0.29) is 11.3 Å². The molecule has 114 valence electrons. The first-order valence-electron chi connectivity index (χ1n) is 6.79. The molecule has 0 bridgehead atoms. The first kappa shape index (κ1) is 14.7. The van der Waals surface area contributed by atoms with Crippen LogP contribution in [-0.4, -0.2) is 14.4 Å². The van der Waals surface area contributed by atoms with Crippen LogP contribution in [0.3, 0.4) is 0 Å². The minimum Gasteiger partial charge on any atom is -0.299 e. The highest BCUT2D eigenvalue weighted by Gasteiger charge is 2.24. The normalized spacial score (nSPS) is 14.1. The molecule has 2 aromatic rings. The second-order valence-corrected chi connectivity index (χ2v) is 5.66. The second kappa shape index (κ2) is 5.53. The van der Waals surface area contributed by atoms with Crippen molar-refractivity contribution in [3.05, 3.63) is 62.7 Å². The summed E-state index contributed by atoms with van der Waals surface area (Å²) in [6.45, 7) is 0.428. The van der Waals surface area contributed by atoms with Gasteiger partial charge in [0.2, 0.25) is 0 Å². The average molecular weight is 323 g/mol. The number of hydrogen-bond acceptors (Lipinski definition) is 3. The number of halogens is 2. The molecule has 1 heterocycles. The molecule has 0 radical (unpaired) electrons.